The minimum Gasteiger partial charge on any atom is -0.323 e. The summed E-state index contributed by atoms with van der Waals surface area (Å²) in [5.41, 5.74) is 0.792. The van der Waals surface area contributed by atoms with Crippen LogP contribution in [0.25, 0.3) is 0 Å². The molecule has 0 saturated heterocycles. The van der Waals surface area contributed by atoms with E-state index < -0.39 is 0 Å². The second-order valence-electron chi connectivity index (χ2n) is 3.57. The highest BCUT2D eigenvalue weighted by Gasteiger charge is 1.96. The van der Waals surface area contributed by atoms with Crippen LogP contribution in [-0.2, 0) is 4.79 Å². The van der Waals surface area contributed by atoms with Crippen molar-refractivity contribution >= 4 is 27.5 Å². The van der Waals surface area contributed by atoms with Crippen LogP contribution in [-0.4, -0.2) is 5.91 Å². The zero-order valence-electron chi connectivity index (χ0n) is 9.82. The van der Waals surface area contributed by atoms with Gasteiger partial charge in [0, 0.05) is 16.2 Å². The summed E-state index contributed by atoms with van der Waals surface area (Å²) < 4.78 is 0.994. The Morgan fingerprint density at radius 2 is 2.00 bits per heavy atom. The van der Waals surface area contributed by atoms with Crippen molar-refractivity contribution in [2.75, 3.05) is 5.32 Å². The standard InChI is InChI=1S/C14H16BrNO/c1-2-3-4-5-6-7-14(17)16-13-10-8-12(15)9-11-13/h4-11H,2-3H2,1H3,(H,16,17)/b5-4+,7-6+. The Morgan fingerprint density at radius 3 is 2.65 bits per heavy atom. The maximum Gasteiger partial charge on any atom is 0.248 e. The second kappa shape index (κ2) is 7.85. The fraction of sp³-hybridized carbons (Fsp3) is 0.214. The molecule has 0 heterocycles. The molecule has 90 valence electrons. The zero-order valence-corrected chi connectivity index (χ0v) is 11.4. The molecule has 0 unspecified atom stereocenters. The third-order valence-corrected chi connectivity index (χ3v) is 2.59. The lowest BCUT2D eigenvalue weighted by atomic mass is 10.3. The maximum absolute atomic E-state index is 11.5. The summed E-state index contributed by atoms with van der Waals surface area (Å²) in [5, 5.41) is 2.78. The van der Waals surface area contributed by atoms with Gasteiger partial charge in [-0.3, -0.25) is 4.79 Å². The highest BCUT2D eigenvalue weighted by Crippen LogP contribution is 2.13. The molecule has 0 aliphatic rings. The number of amides is 1. The van der Waals surface area contributed by atoms with Gasteiger partial charge in [-0.05, 0) is 30.7 Å². The Bertz CT molecular complexity index is 407. The van der Waals surface area contributed by atoms with E-state index in [4.69, 9.17) is 0 Å². The summed E-state index contributed by atoms with van der Waals surface area (Å²) in [7, 11) is 0. The number of allylic oxidation sites excluding steroid dienone is 3. The smallest absolute Gasteiger partial charge is 0.248 e. The van der Waals surface area contributed by atoms with E-state index >= 15 is 0 Å². The van der Waals surface area contributed by atoms with Gasteiger partial charge in [0.25, 0.3) is 0 Å². The quantitative estimate of drug-likeness (QED) is 0.636. The molecular weight excluding hydrogens is 278 g/mol. The van der Waals surface area contributed by atoms with Crippen molar-refractivity contribution in [2.24, 2.45) is 0 Å². The first kappa shape index (κ1) is 13.7. The lowest BCUT2D eigenvalue weighted by Crippen LogP contribution is -2.07. The molecule has 0 radical (unpaired) electrons. The van der Waals surface area contributed by atoms with Crippen molar-refractivity contribution in [1.82, 2.24) is 0 Å². The van der Waals surface area contributed by atoms with E-state index in [0.717, 1.165) is 23.0 Å². The van der Waals surface area contributed by atoms with E-state index in [1.807, 2.05) is 36.4 Å². The summed E-state index contributed by atoms with van der Waals surface area (Å²) in [6.07, 6.45) is 9.38. The lowest BCUT2D eigenvalue weighted by molar-refractivity contribution is -0.111. The predicted octanol–water partition coefficient (Wildman–Crippen LogP) is 4.30. The zero-order chi connectivity index (χ0) is 12.5. The van der Waals surface area contributed by atoms with Crippen molar-refractivity contribution in [3.8, 4) is 0 Å². The van der Waals surface area contributed by atoms with Crippen molar-refractivity contribution < 1.29 is 4.79 Å². The fourth-order valence-corrected chi connectivity index (χ4v) is 1.47. The first-order valence-electron chi connectivity index (χ1n) is 5.62. The predicted molar refractivity (Wildman–Crippen MR) is 76.0 cm³/mol. The average molecular weight is 294 g/mol. The molecule has 3 heteroatoms. The number of rotatable bonds is 5. The summed E-state index contributed by atoms with van der Waals surface area (Å²) >= 11 is 3.34. The fourth-order valence-electron chi connectivity index (χ4n) is 1.20. The van der Waals surface area contributed by atoms with E-state index in [9.17, 15) is 4.79 Å². The Morgan fingerprint density at radius 1 is 1.29 bits per heavy atom. The number of benzene rings is 1. The van der Waals surface area contributed by atoms with Gasteiger partial charge in [-0.1, -0.05) is 47.5 Å². The number of hydrogen-bond acceptors (Lipinski definition) is 1. The molecule has 0 aliphatic carbocycles. The topological polar surface area (TPSA) is 29.1 Å². The molecule has 0 spiro atoms. The SMILES string of the molecule is CCC/C=C/C=C/C(=O)Nc1ccc(Br)cc1. The van der Waals surface area contributed by atoms with Crippen LogP contribution in [0.2, 0.25) is 0 Å². The van der Waals surface area contributed by atoms with Gasteiger partial charge < -0.3 is 5.32 Å². The molecule has 0 atom stereocenters. The van der Waals surface area contributed by atoms with Crippen LogP contribution in [0.1, 0.15) is 19.8 Å². The maximum atomic E-state index is 11.5. The van der Waals surface area contributed by atoms with Gasteiger partial charge in [0.2, 0.25) is 5.91 Å². The number of carbonyl (C=O) groups is 1. The van der Waals surface area contributed by atoms with Crippen LogP contribution >= 0.6 is 15.9 Å². The third-order valence-electron chi connectivity index (χ3n) is 2.06. The monoisotopic (exact) mass is 293 g/mol. The van der Waals surface area contributed by atoms with Crippen LogP contribution in [0.15, 0.2) is 53.0 Å². The van der Waals surface area contributed by atoms with Crippen molar-refractivity contribution in [2.45, 2.75) is 19.8 Å². The Labute approximate surface area is 111 Å². The van der Waals surface area contributed by atoms with Gasteiger partial charge in [-0.2, -0.15) is 0 Å². The first-order chi connectivity index (χ1) is 8.22. The van der Waals surface area contributed by atoms with Crippen LogP contribution in [0.3, 0.4) is 0 Å². The van der Waals surface area contributed by atoms with Gasteiger partial charge >= 0.3 is 0 Å². The van der Waals surface area contributed by atoms with Crippen molar-refractivity contribution in [1.29, 1.82) is 0 Å². The van der Waals surface area contributed by atoms with Crippen LogP contribution < -0.4 is 5.32 Å². The van der Waals surface area contributed by atoms with Gasteiger partial charge in [-0.25, -0.2) is 0 Å². The van der Waals surface area contributed by atoms with E-state index in [-0.39, 0.29) is 5.91 Å². The Balaban J connectivity index is 2.41. The largest absolute Gasteiger partial charge is 0.323 e. The minimum atomic E-state index is -0.117. The number of hydrogen-bond donors (Lipinski definition) is 1. The number of nitrogens with one attached hydrogen (secondary N) is 1. The molecule has 1 aromatic carbocycles. The summed E-state index contributed by atoms with van der Waals surface area (Å²) in [6, 6.07) is 7.48. The summed E-state index contributed by atoms with van der Waals surface area (Å²) in [4.78, 5) is 11.5. The van der Waals surface area contributed by atoms with E-state index in [1.54, 1.807) is 6.08 Å². The number of anilines is 1. The van der Waals surface area contributed by atoms with Crippen molar-refractivity contribution in [3.63, 3.8) is 0 Å². The normalized spacial score (nSPS) is 11.2. The molecule has 17 heavy (non-hydrogen) atoms. The van der Waals surface area contributed by atoms with Gasteiger partial charge in [0.1, 0.15) is 0 Å². The van der Waals surface area contributed by atoms with Gasteiger partial charge in [0.15, 0.2) is 0 Å². The molecule has 0 saturated carbocycles. The molecular formula is C14H16BrNO. The molecule has 0 fully saturated rings. The molecule has 1 aromatic rings. The molecule has 1 amide bonds. The molecule has 1 rings (SSSR count). The lowest BCUT2D eigenvalue weighted by Gasteiger charge is -2.01. The second-order valence-corrected chi connectivity index (χ2v) is 4.49. The number of halogens is 1. The highest BCUT2D eigenvalue weighted by molar-refractivity contribution is 9.10. The summed E-state index contributed by atoms with van der Waals surface area (Å²) in [6.45, 7) is 2.12. The molecule has 0 aliphatic heterocycles. The van der Waals surface area contributed by atoms with Crippen LogP contribution in [0.4, 0.5) is 5.69 Å². The van der Waals surface area contributed by atoms with Gasteiger partial charge in [-0.15, -0.1) is 0 Å². The third kappa shape index (κ3) is 6.07. The first-order valence-corrected chi connectivity index (χ1v) is 6.41. The highest BCUT2D eigenvalue weighted by atomic mass is 79.9. The van der Waals surface area contributed by atoms with Crippen molar-refractivity contribution in [3.05, 3.63) is 53.0 Å². The number of unbranched alkanes of at least 4 members (excludes halogenated alkanes) is 1. The molecule has 1 N–H and O–H groups in total. The average Bonchev–Trinajstić information content (AvgIpc) is 2.32. The minimum absolute atomic E-state index is 0.117. The van der Waals surface area contributed by atoms with E-state index in [1.165, 1.54) is 6.08 Å². The van der Waals surface area contributed by atoms with Crippen LogP contribution in [0, 0.1) is 0 Å². The number of carbonyl (C=O) groups excluding carboxylic acids is 1. The van der Waals surface area contributed by atoms with E-state index in [0.29, 0.717) is 0 Å². The molecule has 0 aromatic heterocycles. The Hall–Kier alpha value is -1.35. The van der Waals surface area contributed by atoms with Crippen LogP contribution in [0.5, 0.6) is 0 Å². The summed E-state index contributed by atoms with van der Waals surface area (Å²) in [5.74, 6) is -0.117. The molecule has 2 nitrogen and oxygen atoms in total. The van der Waals surface area contributed by atoms with Gasteiger partial charge in [0.05, 0.1) is 0 Å². The Kier molecular flexibility index (Phi) is 6.33. The van der Waals surface area contributed by atoms with E-state index in [2.05, 4.69) is 28.2 Å². The molecule has 0 bridgehead atoms.